The topological polar surface area (TPSA) is 24.9 Å². The van der Waals surface area contributed by atoms with Crippen molar-refractivity contribution < 1.29 is 9.47 Å². The van der Waals surface area contributed by atoms with Crippen LogP contribution < -0.4 is 0 Å². The van der Waals surface area contributed by atoms with Crippen LogP contribution in [0.4, 0.5) is 0 Å². The van der Waals surface area contributed by atoms with Crippen molar-refractivity contribution in [2.75, 3.05) is 52.5 Å². The lowest BCUT2D eigenvalue weighted by molar-refractivity contribution is 0.0690. The highest BCUT2D eigenvalue weighted by Crippen LogP contribution is 2.05. The van der Waals surface area contributed by atoms with Gasteiger partial charge in [0.2, 0.25) is 0 Å². The second kappa shape index (κ2) is 8.63. The van der Waals surface area contributed by atoms with E-state index in [1.165, 1.54) is 0 Å². The predicted molar refractivity (Wildman–Crippen MR) is 80.7 cm³/mol. The lowest BCUT2D eigenvalue weighted by atomic mass is 10.3. The molecule has 4 nitrogen and oxygen atoms in total. The molecule has 114 valence electrons. The average molecular weight is 280 g/mol. The van der Waals surface area contributed by atoms with Gasteiger partial charge in [-0.15, -0.1) is 0 Å². The molecule has 0 bridgehead atoms. The summed E-state index contributed by atoms with van der Waals surface area (Å²) in [5, 5.41) is 0. The van der Waals surface area contributed by atoms with Gasteiger partial charge in [-0.1, -0.05) is 11.8 Å². The van der Waals surface area contributed by atoms with Crippen LogP contribution in [-0.2, 0) is 9.47 Å². The number of ether oxygens (including phenoxy) is 2. The molecule has 2 atom stereocenters. The zero-order chi connectivity index (χ0) is 14.2. The fraction of sp³-hybridized carbons (Fsp3) is 0.875. The Balaban J connectivity index is 1.70. The lowest BCUT2D eigenvalue weighted by Crippen LogP contribution is -2.31. The minimum Gasteiger partial charge on any atom is -0.377 e. The maximum atomic E-state index is 5.65. The molecule has 0 spiro atoms. The Labute approximate surface area is 123 Å². The Morgan fingerprint density at radius 1 is 0.850 bits per heavy atom. The van der Waals surface area contributed by atoms with E-state index in [4.69, 9.17) is 9.47 Å². The van der Waals surface area contributed by atoms with E-state index in [1.54, 1.807) is 0 Å². The summed E-state index contributed by atoms with van der Waals surface area (Å²) in [6.45, 7) is 12.0. The molecule has 0 aromatic carbocycles. The van der Waals surface area contributed by atoms with Crippen molar-refractivity contribution in [2.45, 2.75) is 38.9 Å². The van der Waals surface area contributed by atoms with Crippen LogP contribution in [0.2, 0.25) is 0 Å². The van der Waals surface area contributed by atoms with Crippen LogP contribution in [0.3, 0.4) is 0 Å². The zero-order valence-electron chi connectivity index (χ0n) is 12.9. The lowest BCUT2D eigenvalue weighted by Gasteiger charge is -2.19. The summed E-state index contributed by atoms with van der Waals surface area (Å²) < 4.78 is 11.3. The van der Waals surface area contributed by atoms with E-state index in [-0.39, 0.29) is 0 Å². The van der Waals surface area contributed by atoms with E-state index < -0.39 is 0 Å². The van der Waals surface area contributed by atoms with E-state index in [2.05, 4.69) is 35.5 Å². The van der Waals surface area contributed by atoms with Gasteiger partial charge in [0.05, 0.1) is 25.3 Å². The zero-order valence-corrected chi connectivity index (χ0v) is 12.9. The summed E-state index contributed by atoms with van der Waals surface area (Å²) in [5.41, 5.74) is 0. The van der Waals surface area contributed by atoms with Gasteiger partial charge in [-0.2, -0.15) is 0 Å². The van der Waals surface area contributed by atoms with Crippen LogP contribution >= 0.6 is 0 Å². The van der Waals surface area contributed by atoms with Gasteiger partial charge in [-0.05, 0) is 26.7 Å². The minimum absolute atomic E-state index is 0.336. The fourth-order valence-corrected chi connectivity index (χ4v) is 2.78. The first-order valence-corrected chi connectivity index (χ1v) is 7.87. The summed E-state index contributed by atoms with van der Waals surface area (Å²) >= 11 is 0. The molecule has 0 unspecified atom stereocenters. The van der Waals surface area contributed by atoms with Crippen LogP contribution in [0.5, 0.6) is 0 Å². The minimum atomic E-state index is 0.336. The molecular weight excluding hydrogens is 252 g/mol. The first-order chi connectivity index (χ1) is 9.74. The molecule has 0 saturated carbocycles. The number of hydrogen-bond donors (Lipinski definition) is 0. The quantitative estimate of drug-likeness (QED) is 0.710. The van der Waals surface area contributed by atoms with Crippen molar-refractivity contribution in [3.8, 4) is 11.8 Å². The van der Waals surface area contributed by atoms with Crippen molar-refractivity contribution >= 4 is 0 Å². The molecule has 2 saturated heterocycles. The molecular formula is C16H28N2O2. The molecule has 2 heterocycles. The summed E-state index contributed by atoms with van der Waals surface area (Å²) in [5.74, 6) is 6.65. The van der Waals surface area contributed by atoms with Gasteiger partial charge < -0.3 is 9.47 Å². The van der Waals surface area contributed by atoms with Crippen molar-refractivity contribution in [1.29, 1.82) is 0 Å². The molecule has 2 aliphatic heterocycles. The number of rotatable bonds is 2. The number of nitrogens with zero attached hydrogens (tertiary/aromatic N) is 2. The van der Waals surface area contributed by atoms with E-state index >= 15 is 0 Å². The molecule has 2 fully saturated rings. The van der Waals surface area contributed by atoms with Crippen molar-refractivity contribution in [3.63, 3.8) is 0 Å². The smallest absolute Gasteiger partial charge is 0.0674 e. The summed E-state index contributed by atoms with van der Waals surface area (Å²) in [6.07, 6.45) is 2.91. The van der Waals surface area contributed by atoms with Crippen molar-refractivity contribution in [2.24, 2.45) is 0 Å². The third kappa shape index (κ3) is 5.80. The Morgan fingerprint density at radius 3 is 1.75 bits per heavy atom. The van der Waals surface area contributed by atoms with Gasteiger partial charge in [0.1, 0.15) is 0 Å². The molecule has 0 amide bonds. The van der Waals surface area contributed by atoms with E-state index in [1.807, 2.05) is 0 Å². The number of hydrogen-bond acceptors (Lipinski definition) is 4. The Hall–Kier alpha value is -0.600. The molecule has 0 aromatic heterocycles. The van der Waals surface area contributed by atoms with Gasteiger partial charge in [-0.25, -0.2) is 0 Å². The predicted octanol–water partition coefficient (Wildman–Crippen LogP) is 1.21. The molecule has 20 heavy (non-hydrogen) atoms. The molecule has 2 rings (SSSR count). The molecule has 0 aliphatic carbocycles. The molecule has 2 aliphatic rings. The first-order valence-electron chi connectivity index (χ1n) is 7.87. The first kappa shape index (κ1) is 15.8. The third-order valence-corrected chi connectivity index (χ3v) is 3.80. The van der Waals surface area contributed by atoms with Crippen LogP contribution in [0.1, 0.15) is 26.7 Å². The summed E-state index contributed by atoms with van der Waals surface area (Å²) in [6, 6.07) is 0. The van der Waals surface area contributed by atoms with Crippen LogP contribution in [-0.4, -0.2) is 74.5 Å². The van der Waals surface area contributed by atoms with E-state index in [0.29, 0.717) is 12.2 Å². The van der Waals surface area contributed by atoms with Crippen LogP contribution in [0, 0.1) is 11.8 Å². The SMILES string of the molecule is C[C@@H]1CN(CC#CCN2CCCO[C@@H](C)C2)CCCO1. The molecule has 0 N–H and O–H groups in total. The largest absolute Gasteiger partial charge is 0.377 e. The standard InChI is InChI=1S/C16H28N2O2/c1-15-13-17(9-5-11-19-15)7-3-4-8-18-10-6-12-20-16(2)14-18/h15-16H,5-14H2,1-2H3/t15-,16+. The third-order valence-electron chi connectivity index (χ3n) is 3.80. The van der Waals surface area contributed by atoms with Gasteiger partial charge in [0, 0.05) is 39.4 Å². The van der Waals surface area contributed by atoms with Crippen LogP contribution in [0.15, 0.2) is 0 Å². The monoisotopic (exact) mass is 280 g/mol. The fourth-order valence-electron chi connectivity index (χ4n) is 2.78. The second-order valence-electron chi connectivity index (χ2n) is 5.89. The van der Waals surface area contributed by atoms with Gasteiger partial charge in [-0.3, -0.25) is 9.80 Å². The highest BCUT2D eigenvalue weighted by atomic mass is 16.5. The van der Waals surface area contributed by atoms with E-state index in [0.717, 1.165) is 65.3 Å². The Morgan fingerprint density at radius 2 is 1.30 bits per heavy atom. The molecule has 0 radical (unpaired) electrons. The van der Waals surface area contributed by atoms with Crippen molar-refractivity contribution in [3.05, 3.63) is 0 Å². The maximum Gasteiger partial charge on any atom is 0.0674 e. The van der Waals surface area contributed by atoms with Crippen molar-refractivity contribution in [1.82, 2.24) is 9.80 Å². The Kier molecular flexibility index (Phi) is 6.81. The van der Waals surface area contributed by atoms with Gasteiger partial charge in [0.25, 0.3) is 0 Å². The normalized spacial score (nSPS) is 30.1. The summed E-state index contributed by atoms with van der Waals surface area (Å²) in [4.78, 5) is 4.80. The Bertz CT molecular complexity index is 307. The second-order valence-corrected chi connectivity index (χ2v) is 5.89. The average Bonchev–Trinajstić information content (AvgIpc) is 2.75. The maximum absolute atomic E-state index is 5.65. The van der Waals surface area contributed by atoms with Crippen LogP contribution in [0.25, 0.3) is 0 Å². The van der Waals surface area contributed by atoms with Gasteiger partial charge in [0.15, 0.2) is 0 Å². The molecule has 0 aromatic rings. The molecule has 4 heteroatoms. The van der Waals surface area contributed by atoms with Gasteiger partial charge >= 0.3 is 0 Å². The highest BCUT2D eigenvalue weighted by molar-refractivity contribution is 5.03. The van der Waals surface area contributed by atoms with E-state index in [9.17, 15) is 0 Å². The summed E-state index contributed by atoms with van der Waals surface area (Å²) in [7, 11) is 0. The highest BCUT2D eigenvalue weighted by Gasteiger charge is 2.14.